The quantitative estimate of drug-likeness (QED) is 0.816. The molecule has 110 valence electrons. The summed E-state index contributed by atoms with van der Waals surface area (Å²) in [6.07, 6.45) is 9.83. The Bertz CT molecular complexity index is 380. The number of nitrogens with zero attached hydrogens (tertiary/aromatic N) is 1. The minimum absolute atomic E-state index is 0.695. The first kappa shape index (κ1) is 15.3. The molecule has 1 atom stereocenters. The van der Waals surface area contributed by atoms with Gasteiger partial charge in [0, 0.05) is 19.1 Å². The van der Waals surface area contributed by atoms with Crippen LogP contribution in [0.5, 0.6) is 0 Å². The maximum absolute atomic E-state index is 3.65. The zero-order chi connectivity index (χ0) is 14.0. The Morgan fingerprint density at radius 2 is 2.10 bits per heavy atom. The Kier molecular flexibility index (Phi) is 6.82. The molecule has 0 bridgehead atoms. The van der Waals surface area contributed by atoms with Gasteiger partial charge >= 0.3 is 0 Å². The molecule has 0 aromatic heterocycles. The molecule has 1 fully saturated rings. The predicted molar refractivity (Wildman–Crippen MR) is 87.8 cm³/mol. The molecule has 1 N–H and O–H groups in total. The van der Waals surface area contributed by atoms with E-state index in [1.165, 1.54) is 50.9 Å². The second kappa shape index (κ2) is 8.93. The molecule has 1 aromatic rings. The average molecular weight is 272 g/mol. The van der Waals surface area contributed by atoms with Gasteiger partial charge in [0.25, 0.3) is 0 Å². The molecule has 2 nitrogen and oxygen atoms in total. The Morgan fingerprint density at radius 3 is 2.80 bits per heavy atom. The molecular weight excluding hydrogens is 244 g/mol. The monoisotopic (exact) mass is 272 g/mol. The van der Waals surface area contributed by atoms with Gasteiger partial charge in [-0.3, -0.25) is 4.90 Å². The fourth-order valence-corrected chi connectivity index (χ4v) is 2.87. The highest BCUT2D eigenvalue weighted by Crippen LogP contribution is 2.09. The summed E-state index contributed by atoms with van der Waals surface area (Å²) in [5.74, 6) is 0. The van der Waals surface area contributed by atoms with Gasteiger partial charge in [-0.25, -0.2) is 0 Å². The molecule has 1 aliphatic rings. The summed E-state index contributed by atoms with van der Waals surface area (Å²) in [5.41, 5.74) is 1.29. The normalized spacial score (nSPS) is 19.8. The van der Waals surface area contributed by atoms with Crippen molar-refractivity contribution in [2.45, 2.75) is 38.6 Å². The molecule has 0 saturated carbocycles. The number of hydrogen-bond acceptors (Lipinski definition) is 2. The fraction of sp³-hybridized carbons (Fsp3) is 0.556. The van der Waals surface area contributed by atoms with Crippen LogP contribution in [-0.4, -0.2) is 37.1 Å². The van der Waals surface area contributed by atoms with E-state index < -0.39 is 0 Å². The van der Waals surface area contributed by atoms with Crippen LogP contribution in [0, 0.1) is 0 Å². The lowest BCUT2D eigenvalue weighted by Crippen LogP contribution is -2.43. The van der Waals surface area contributed by atoms with Gasteiger partial charge in [-0.15, -0.1) is 0 Å². The summed E-state index contributed by atoms with van der Waals surface area (Å²) in [5, 5.41) is 3.65. The molecule has 0 radical (unpaired) electrons. The van der Waals surface area contributed by atoms with Crippen molar-refractivity contribution in [3.8, 4) is 0 Å². The van der Waals surface area contributed by atoms with Crippen molar-refractivity contribution in [3.05, 3.63) is 42.0 Å². The topological polar surface area (TPSA) is 15.3 Å². The first-order valence-electron chi connectivity index (χ1n) is 8.06. The highest BCUT2D eigenvalue weighted by molar-refractivity contribution is 5.48. The molecule has 2 rings (SSSR count). The third-order valence-corrected chi connectivity index (χ3v) is 3.90. The summed E-state index contributed by atoms with van der Waals surface area (Å²) < 4.78 is 0. The van der Waals surface area contributed by atoms with E-state index in [2.05, 4.69) is 59.6 Å². The SMILES string of the molecule is CCCN(C/C=C/c1ccccc1)CC1CCCCN1. The summed E-state index contributed by atoms with van der Waals surface area (Å²) in [4.78, 5) is 2.57. The molecule has 0 spiro atoms. The number of hydrogen-bond donors (Lipinski definition) is 1. The van der Waals surface area contributed by atoms with Crippen molar-refractivity contribution in [1.82, 2.24) is 10.2 Å². The summed E-state index contributed by atoms with van der Waals surface area (Å²) >= 11 is 0. The van der Waals surface area contributed by atoms with Gasteiger partial charge < -0.3 is 5.32 Å². The lowest BCUT2D eigenvalue weighted by molar-refractivity contribution is 0.243. The van der Waals surface area contributed by atoms with Crippen molar-refractivity contribution in [3.63, 3.8) is 0 Å². The predicted octanol–water partition coefficient (Wildman–Crippen LogP) is 3.55. The Labute approximate surface area is 123 Å². The molecule has 0 aliphatic carbocycles. The van der Waals surface area contributed by atoms with Crippen LogP contribution in [0.2, 0.25) is 0 Å². The lowest BCUT2D eigenvalue weighted by Gasteiger charge is -2.29. The minimum Gasteiger partial charge on any atom is -0.313 e. The zero-order valence-electron chi connectivity index (χ0n) is 12.7. The Morgan fingerprint density at radius 1 is 1.25 bits per heavy atom. The van der Waals surface area contributed by atoms with Crippen molar-refractivity contribution >= 4 is 6.08 Å². The van der Waals surface area contributed by atoms with Crippen LogP contribution in [0.15, 0.2) is 36.4 Å². The molecule has 20 heavy (non-hydrogen) atoms. The van der Waals surface area contributed by atoms with Crippen LogP contribution < -0.4 is 5.32 Å². The van der Waals surface area contributed by atoms with E-state index in [1.807, 2.05) is 0 Å². The maximum Gasteiger partial charge on any atom is 0.0195 e. The van der Waals surface area contributed by atoms with Crippen molar-refractivity contribution in [2.75, 3.05) is 26.2 Å². The molecule has 1 unspecified atom stereocenters. The van der Waals surface area contributed by atoms with Crippen LogP contribution in [0.3, 0.4) is 0 Å². The molecule has 1 aromatic carbocycles. The third-order valence-electron chi connectivity index (χ3n) is 3.90. The fourth-order valence-electron chi connectivity index (χ4n) is 2.87. The highest BCUT2D eigenvalue weighted by atomic mass is 15.1. The number of nitrogens with one attached hydrogen (secondary N) is 1. The second-order valence-corrected chi connectivity index (χ2v) is 5.72. The van der Waals surface area contributed by atoms with Crippen LogP contribution >= 0.6 is 0 Å². The third kappa shape index (κ3) is 5.48. The highest BCUT2D eigenvalue weighted by Gasteiger charge is 2.15. The van der Waals surface area contributed by atoms with Gasteiger partial charge in [0.15, 0.2) is 0 Å². The van der Waals surface area contributed by atoms with E-state index in [0.29, 0.717) is 6.04 Å². The van der Waals surface area contributed by atoms with Gasteiger partial charge in [-0.05, 0) is 37.9 Å². The largest absolute Gasteiger partial charge is 0.313 e. The van der Waals surface area contributed by atoms with E-state index in [1.54, 1.807) is 0 Å². The van der Waals surface area contributed by atoms with E-state index in [0.717, 1.165) is 6.54 Å². The van der Waals surface area contributed by atoms with Crippen molar-refractivity contribution in [2.24, 2.45) is 0 Å². The van der Waals surface area contributed by atoms with Gasteiger partial charge in [0.2, 0.25) is 0 Å². The second-order valence-electron chi connectivity index (χ2n) is 5.72. The standard InChI is InChI=1S/C18H28N2/c1-2-14-20(16-18-12-6-7-13-19-18)15-8-11-17-9-4-3-5-10-17/h3-5,8-11,18-19H,2,6-7,12-16H2,1H3/b11-8+. The smallest absolute Gasteiger partial charge is 0.0195 e. The first-order chi connectivity index (χ1) is 9.88. The van der Waals surface area contributed by atoms with Gasteiger partial charge in [0.1, 0.15) is 0 Å². The molecule has 1 aliphatic heterocycles. The van der Waals surface area contributed by atoms with Crippen LogP contribution in [0.25, 0.3) is 6.08 Å². The molecule has 0 amide bonds. The van der Waals surface area contributed by atoms with E-state index >= 15 is 0 Å². The molecule has 1 heterocycles. The summed E-state index contributed by atoms with van der Waals surface area (Å²) in [7, 11) is 0. The maximum atomic E-state index is 3.65. The van der Waals surface area contributed by atoms with Gasteiger partial charge in [0.05, 0.1) is 0 Å². The van der Waals surface area contributed by atoms with Gasteiger partial charge in [-0.2, -0.15) is 0 Å². The first-order valence-corrected chi connectivity index (χ1v) is 8.06. The Hall–Kier alpha value is -1.12. The molecule has 1 saturated heterocycles. The average Bonchev–Trinajstić information content (AvgIpc) is 2.49. The number of rotatable bonds is 7. The molecular formula is C18H28N2. The van der Waals surface area contributed by atoms with E-state index in [-0.39, 0.29) is 0 Å². The Balaban J connectivity index is 1.80. The summed E-state index contributed by atoms with van der Waals surface area (Å²) in [6, 6.07) is 11.3. The van der Waals surface area contributed by atoms with Gasteiger partial charge in [-0.1, -0.05) is 55.8 Å². The van der Waals surface area contributed by atoms with Crippen LogP contribution in [0.4, 0.5) is 0 Å². The minimum atomic E-state index is 0.695. The van der Waals surface area contributed by atoms with Crippen LogP contribution in [0.1, 0.15) is 38.2 Å². The number of piperidine rings is 1. The summed E-state index contributed by atoms with van der Waals surface area (Å²) in [6.45, 7) is 6.90. The van der Waals surface area contributed by atoms with E-state index in [9.17, 15) is 0 Å². The molecule has 2 heteroatoms. The lowest BCUT2D eigenvalue weighted by atomic mass is 10.0. The number of benzene rings is 1. The van der Waals surface area contributed by atoms with Crippen molar-refractivity contribution < 1.29 is 0 Å². The zero-order valence-corrected chi connectivity index (χ0v) is 12.7. The van der Waals surface area contributed by atoms with E-state index in [4.69, 9.17) is 0 Å². The van der Waals surface area contributed by atoms with Crippen LogP contribution in [-0.2, 0) is 0 Å². The van der Waals surface area contributed by atoms with Crippen molar-refractivity contribution in [1.29, 1.82) is 0 Å².